The third-order valence-electron chi connectivity index (χ3n) is 2.34. The van der Waals surface area contributed by atoms with Crippen LogP contribution in [-0.2, 0) is 4.79 Å². The van der Waals surface area contributed by atoms with Crippen molar-refractivity contribution in [3.8, 4) is 0 Å². The van der Waals surface area contributed by atoms with Crippen LogP contribution in [0, 0.1) is 17.0 Å². The first kappa shape index (κ1) is 15.6. The van der Waals surface area contributed by atoms with E-state index in [0.717, 1.165) is 6.07 Å². The van der Waals surface area contributed by atoms with Gasteiger partial charge in [0, 0.05) is 10.5 Å². The van der Waals surface area contributed by atoms with Gasteiger partial charge in [-0.2, -0.15) is 13.2 Å². The summed E-state index contributed by atoms with van der Waals surface area (Å²) in [6.45, 7) is 0.299. The molecule has 0 atom stereocenters. The van der Waals surface area contributed by atoms with Crippen LogP contribution in [0.25, 0.3) is 0 Å². The molecular formula is C11H9F3N2O4. The SMILES string of the molecule is Cc1cccc(C(=O)C[N+](=O)[O-])c1NC(=O)C(F)(F)F. The van der Waals surface area contributed by atoms with Gasteiger partial charge in [-0.3, -0.25) is 19.7 Å². The second-order valence-corrected chi connectivity index (χ2v) is 3.86. The summed E-state index contributed by atoms with van der Waals surface area (Å²) in [6, 6.07) is 3.84. The molecule has 0 heterocycles. The number of hydrogen-bond donors (Lipinski definition) is 1. The van der Waals surface area contributed by atoms with Crippen molar-refractivity contribution < 1.29 is 27.7 Å². The van der Waals surface area contributed by atoms with Crippen LogP contribution in [0.1, 0.15) is 15.9 Å². The minimum Gasteiger partial charge on any atom is -0.317 e. The topological polar surface area (TPSA) is 89.3 Å². The number of nitrogens with zero attached hydrogens (tertiary/aromatic N) is 1. The van der Waals surface area contributed by atoms with Crippen LogP contribution in [0.2, 0.25) is 0 Å². The van der Waals surface area contributed by atoms with Crippen molar-refractivity contribution in [3.05, 3.63) is 39.4 Å². The first-order valence-corrected chi connectivity index (χ1v) is 5.25. The van der Waals surface area contributed by atoms with Crippen LogP contribution in [0.15, 0.2) is 18.2 Å². The zero-order valence-corrected chi connectivity index (χ0v) is 10.2. The zero-order chi connectivity index (χ0) is 15.5. The minimum absolute atomic E-state index is 0.191. The molecule has 1 aromatic carbocycles. The molecular weight excluding hydrogens is 281 g/mol. The number of Topliss-reactive ketones (excluding diaryl/α,β-unsaturated/α-hetero) is 1. The first-order chi connectivity index (χ1) is 9.12. The first-order valence-electron chi connectivity index (χ1n) is 5.25. The van der Waals surface area contributed by atoms with Gasteiger partial charge in [-0.25, -0.2) is 0 Å². The molecule has 0 radical (unpaired) electrons. The Balaban J connectivity index is 3.15. The number of benzene rings is 1. The molecule has 0 aliphatic heterocycles. The molecule has 1 aromatic rings. The summed E-state index contributed by atoms with van der Waals surface area (Å²) in [5.41, 5.74) is -0.516. The highest BCUT2D eigenvalue weighted by Gasteiger charge is 2.39. The van der Waals surface area contributed by atoms with E-state index < -0.39 is 29.3 Å². The highest BCUT2D eigenvalue weighted by Crippen LogP contribution is 2.24. The Morgan fingerprint density at radius 1 is 1.35 bits per heavy atom. The number of nitro groups is 1. The Morgan fingerprint density at radius 3 is 2.45 bits per heavy atom. The molecule has 0 saturated carbocycles. The summed E-state index contributed by atoms with van der Waals surface area (Å²) < 4.78 is 36.6. The maximum atomic E-state index is 12.2. The Morgan fingerprint density at radius 2 is 1.95 bits per heavy atom. The maximum Gasteiger partial charge on any atom is 0.471 e. The van der Waals surface area contributed by atoms with E-state index in [2.05, 4.69) is 0 Å². The molecule has 6 nitrogen and oxygen atoms in total. The van der Waals surface area contributed by atoms with Gasteiger partial charge in [0.1, 0.15) is 0 Å². The van der Waals surface area contributed by atoms with Gasteiger partial charge in [-0.05, 0) is 18.6 Å². The number of anilines is 1. The van der Waals surface area contributed by atoms with Crippen LogP contribution in [0.3, 0.4) is 0 Å². The lowest BCUT2D eigenvalue weighted by atomic mass is 10.0. The molecule has 1 N–H and O–H groups in total. The van der Waals surface area contributed by atoms with E-state index in [-0.39, 0.29) is 16.8 Å². The van der Waals surface area contributed by atoms with Crippen molar-refractivity contribution >= 4 is 17.4 Å². The smallest absolute Gasteiger partial charge is 0.317 e. The van der Waals surface area contributed by atoms with Gasteiger partial charge in [0.15, 0.2) is 0 Å². The van der Waals surface area contributed by atoms with Crippen molar-refractivity contribution in [3.63, 3.8) is 0 Å². The number of para-hydroxylation sites is 1. The number of halogens is 3. The number of nitrogens with one attached hydrogen (secondary N) is 1. The third kappa shape index (κ3) is 3.77. The third-order valence-corrected chi connectivity index (χ3v) is 2.34. The van der Waals surface area contributed by atoms with E-state index in [1.807, 2.05) is 0 Å². The number of alkyl halides is 3. The van der Waals surface area contributed by atoms with Crippen molar-refractivity contribution in [1.29, 1.82) is 0 Å². The quantitative estimate of drug-likeness (QED) is 0.521. The highest BCUT2D eigenvalue weighted by molar-refractivity contribution is 6.07. The normalized spacial score (nSPS) is 11.0. The summed E-state index contributed by atoms with van der Waals surface area (Å²) in [6.07, 6.45) is -5.12. The molecule has 0 saturated heterocycles. The number of carbonyl (C=O) groups excluding carboxylic acids is 2. The average Bonchev–Trinajstić information content (AvgIpc) is 2.29. The predicted molar refractivity (Wildman–Crippen MR) is 62.1 cm³/mol. The van der Waals surface area contributed by atoms with E-state index in [1.54, 1.807) is 5.32 Å². The van der Waals surface area contributed by atoms with Gasteiger partial charge in [0.2, 0.25) is 5.78 Å². The molecule has 1 amide bonds. The van der Waals surface area contributed by atoms with Crippen molar-refractivity contribution in [2.75, 3.05) is 11.9 Å². The van der Waals surface area contributed by atoms with Gasteiger partial charge in [0.05, 0.1) is 5.69 Å². The van der Waals surface area contributed by atoms with Crippen LogP contribution in [0.4, 0.5) is 18.9 Å². The largest absolute Gasteiger partial charge is 0.471 e. The van der Waals surface area contributed by atoms with E-state index in [9.17, 15) is 32.9 Å². The fraction of sp³-hybridized carbons (Fsp3) is 0.273. The van der Waals surface area contributed by atoms with E-state index in [0.29, 0.717) is 0 Å². The number of hydrogen-bond acceptors (Lipinski definition) is 4. The Hall–Kier alpha value is -2.45. The number of amides is 1. The molecule has 20 heavy (non-hydrogen) atoms. The Labute approximate surface area is 110 Å². The molecule has 0 bridgehead atoms. The summed E-state index contributed by atoms with van der Waals surface area (Å²) in [5.74, 6) is -3.24. The predicted octanol–water partition coefficient (Wildman–Crippen LogP) is 1.96. The van der Waals surface area contributed by atoms with Crippen LogP contribution >= 0.6 is 0 Å². The number of carbonyl (C=O) groups is 2. The maximum absolute atomic E-state index is 12.2. The summed E-state index contributed by atoms with van der Waals surface area (Å²) in [4.78, 5) is 31.9. The summed E-state index contributed by atoms with van der Waals surface area (Å²) in [5, 5.41) is 11.8. The Bertz CT molecular complexity index is 569. The van der Waals surface area contributed by atoms with Crippen LogP contribution in [0.5, 0.6) is 0 Å². The van der Waals surface area contributed by atoms with Crippen LogP contribution < -0.4 is 5.32 Å². The van der Waals surface area contributed by atoms with E-state index in [1.165, 1.54) is 19.1 Å². The Kier molecular flexibility index (Phi) is 4.43. The molecule has 0 aliphatic rings. The van der Waals surface area contributed by atoms with Gasteiger partial charge in [-0.15, -0.1) is 0 Å². The lowest BCUT2D eigenvalue weighted by molar-refractivity contribution is -0.465. The molecule has 1 rings (SSSR count). The van der Waals surface area contributed by atoms with Gasteiger partial charge in [0.25, 0.3) is 6.54 Å². The molecule has 0 unspecified atom stereocenters. The molecule has 0 aliphatic carbocycles. The lowest BCUT2D eigenvalue weighted by Crippen LogP contribution is -2.31. The van der Waals surface area contributed by atoms with Crippen molar-refractivity contribution in [1.82, 2.24) is 0 Å². The molecule has 0 spiro atoms. The minimum atomic E-state index is -5.12. The second-order valence-electron chi connectivity index (χ2n) is 3.86. The lowest BCUT2D eigenvalue weighted by Gasteiger charge is -2.13. The van der Waals surface area contributed by atoms with E-state index >= 15 is 0 Å². The molecule has 9 heteroatoms. The highest BCUT2D eigenvalue weighted by atomic mass is 19.4. The van der Waals surface area contributed by atoms with Gasteiger partial charge in [-0.1, -0.05) is 12.1 Å². The number of aryl methyl sites for hydroxylation is 1. The zero-order valence-electron chi connectivity index (χ0n) is 10.2. The second kappa shape index (κ2) is 5.68. The number of rotatable bonds is 4. The molecule has 0 fully saturated rings. The monoisotopic (exact) mass is 290 g/mol. The summed E-state index contributed by atoms with van der Waals surface area (Å²) in [7, 11) is 0. The number of ketones is 1. The average molecular weight is 290 g/mol. The summed E-state index contributed by atoms with van der Waals surface area (Å²) >= 11 is 0. The van der Waals surface area contributed by atoms with E-state index in [4.69, 9.17) is 0 Å². The van der Waals surface area contributed by atoms with Gasteiger partial charge >= 0.3 is 12.1 Å². The standard InChI is InChI=1S/C11H9F3N2O4/c1-6-3-2-4-7(8(17)5-16(19)20)9(6)15-10(18)11(12,13)14/h2-4H,5H2,1H3,(H,15,18). The molecule has 108 valence electrons. The fourth-order valence-electron chi connectivity index (χ4n) is 1.45. The fourth-order valence-corrected chi connectivity index (χ4v) is 1.45. The van der Waals surface area contributed by atoms with Gasteiger partial charge < -0.3 is 5.32 Å². The van der Waals surface area contributed by atoms with Crippen molar-refractivity contribution in [2.24, 2.45) is 0 Å². The molecule has 0 aromatic heterocycles. The van der Waals surface area contributed by atoms with Crippen LogP contribution in [-0.4, -0.2) is 29.3 Å². The van der Waals surface area contributed by atoms with Crippen molar-refractivity contribution in [2.45, 2.75) is 13.1 Å².